The maximum absolute atomic E-state index is 13.2. The molecule has 0 aliphatic rings. The number of hydrogen-bond donors (Lipinski definition) is 2. The molecule has 0 aliphatic heterocycles. The second kappa shape index (κ2) is 12.1. The molecule has 3 aromatic rings. The summed E-state index contributed by atoms with van der Waals surface area (Å²) < 4.78 is 11.2. The Hall–Kier alpha value is -4.00. The third-order valence-corrected chi connectivity index (χ3v) is 4.92. The molecule has 3 rings (SSSR count). The SMILES string of the molecule is CCC(=O)NCCCN(C(=O)Nc1ccccc1OC)c1ccc(Oc2ccccc2)cc1. The number of amides is 3. The Morgan fingerprint density at radius 1 is 0.879 bits per heavy atom. The van der Waals surface area contributed by atoms with E-state index < -0.39 is 0 Å². The summed E-state index contributed by atoms with van der Waals surface area (Å²) >= 11 is 0. The lowest BCUT2D eigenvalue weighted by Gasteiger charge is -2.24. The second-order valence-corrected chi connectivity index (χ2v) is 7.25. The second-order valence-electron chi connectivity index (χ2n) is 7.25. The van der Waals surface area contributed by atoms with Crippen LogP contribution in [0, 0.1) is 0 Å². The first-order chi connectivity index (χ1) is 16.1. The Balaban J connectivity index is 1.74. The molecule has 0 heterocycles. The number of hydrogen-bond acceptors (Lipinski definition) is 4. The summed E-state index contributed by atoms with van der Waals surface area (Å²) in [5.41, 5.74) is 1.29. The van der Waals surface area contributed by atoms with Crippen LogP contribution in [0.4, 0.5) is 16.2 Å². The summed E-state index contributed by atoms with van der Waals surface area (Å²) in [6, 6.07) is 23.8. The maximum Gasteiger partial charge on any atom is 0.326 e. The molecule has 7 heteroatoms. The van der Waals surface area contributed by atoms with Gasteiger partial charge in [-0.25, -0.2) is 4.79 Å². The van der Waals surface area contributed by atoms with Gasteiger partial charge in [-0.15, -0.1) is 0 Å². The molecule has 3 amide bonds. The lowest BCUT2D eigenvalue weighted by Crippen LogP contribution is -2.37. The zero-order valence-electron chi connectivity index (χ0n) is 18.9. The first-order valence-corrected chi connectivity index (χ1v) is 10.9. The molecule has 0 spiro atoms. The molecule has 0 saturated heterocycles. The van der Waals surface area contributed by atoms with Crippen LogP contribution in [0.3, 0.4) is 0 Å². The number of benzene rings is 3. The van der Waals surface area contributed by atoms with E-state index in [1.807, 2.05) is 66.7 Å². The monoisotopic (exact) mass is 447 g/mol. The largest absolute Gasteiger partial charge is 0.495 e. The molecule has 0 saturated carbocycles. The normalized spacial score (nSPS) is 10.2. The van der Waals surface area contributed by atoms with Crippen LogP contribution in [0.5, 0.6) is 17.2 Å². The number of urea groups is 1. The molecule has 172 valence electrons. The molecule has 7 nitrogen and oxygen atoms in total. The fourth-order valence-corrected chi connectivity index (χ4v) is 3.19. The van der Waals surface area contributed by atoms with Crippen molar-refractivity contribution >= 4 is 23.3 Å². The number of para-hydroxylation sites is 3. The number of rotatable bonds is 10. The zero-order valence-corrected chi connectivity index (χ0v) is 18.9. The summed E-state index contributed by atoms with van der Waals surface area (Å²) in [5.74, 6) is 1.97. The molecule has 0 aromatic heterocycles. The van der Waals surface area contributed by atoms with Crippen LogP contribution in [0.15, 0.2) is 78.9 Å². The van der Waals surface area contributed by atoms with Crippen molar-refractivity contribution in [3.05, 3.63) is 78.9 Å². The predicted molar refractivity (Wildman–Crippen MR) is 130 cm³/mol. The number of nitrogens with one attached hydrogen (secondary N) is 2. The van der Waals surface area contributed by atoms with E-state index in [-0.39, 0.29) is 11.9 Å². The van der Waals surface area contributed by atoms with Crippen LogP contribution in [-0.2, 0) is 4.79 Å². The van der Waals surface area contributed by atoms with E-state index in [2.05, 4.69) is 10.6 Å². The van der Waals surface area contributed by atoms with E-state index >= 15 is 0 Å². The molecule has 0 bridgehead atoms. The first kappa shape index (κ1) is 23.7. The number of nitrogens with zero attached hydrogens (tertiary/aromatic N) is 1. The topological polar surface area (TPSA) is 79.9 Å². The van der Waals surface area contributed by atoms with Gasteiger partial charge in [0.25, 0.3) is 0 Å². The molecule has 0 aliphatic carbocycles. The lowest BCUT2D eigenvalue weighted by molar-refractivity contribution is -0.120. The van der Waals surface area contributed by atoms with E-state index in [4.69, 9.17) is 9.47 Å². The van der Waals surface area contributed by atoms with Crippen molar-refractivity contribution in [2.24, 2.45) is 0 Å². The van der Waals surface area contributed by atoms with Crippen molar-refractivity contribution in [2.45, 2.75) is 19.8 Å². The molecule has 0 unspecified atom stereocenters. The third-order valence-electron chi connectivity index (χ3n) is 4.92. The highest BCUT2D eigenvalue weighted by molar-refractivity contribution is 6.02. The number of carbonyl (C=O) groups excluding carboxylic acids is 2. The van der Waals surface area contributed by atoms with E-state index in [0.29, 0.717) is 48.8 Å². The number of methoxy groups -OCH3 is 1. The van der Waals surface area contributed by atoms with Crippen LogP contribution in [0.25, 0.3) is 0 Å². The molecule has 2 N–H and O–H groups in total. The van der Waals surface area contributed by atoms with Gasteiger partial charge in [0.1, 0.15) is 17.2 Å². The van der Waals surface area contributed by atoms with Crippen molar-refractivity contribution < 1.29 is 19.1 Å². The minimum atomic E-state index is -0.293. The number of carbonyl (C=O) groups is 2. The fourth-order valence-electron chi connectivity index (χ4n) is 3.19. The van der Waals surface area contributed by atoms with E-state index in [9.17, 15) is 9.59 Å². The Morgan fingerprint density at radius 3 is 2.24 bits per heavy atom. The minimum Gasteiger partial charge on any atom is -0.495 e. The van der Waals surface area contributed by atoms with Gasteiger partial charge >= 0.3 is 6.03 Å². The first-order valence-electron chi connectivity index (χ1n) is 10.9. The quantitative estimate of drug-likeness (QED) is 0.406. The van der Waals surface area contributed by atoms with Gasteiger partial charge in [-0.05, 0) is 55.0 Å². The van der Waals surface area contributed by atoms with Crippen molar-refractivity contribution in [3.63, 3.8) is 0 Å². The van der Waals surface area contributed by atoms with E-state index in [0.717, 1.165) is 5.75 Å². The standard InChI is InChI=1S/C26H29N3O4/c1-3-25(30)27-18-9-19-29(26(31)28-23-12-7-8-13-24(23)32-2)20-14-16-22(17-15-20)33-21-10-5-4-6-11-21/h4-8,10-17H,3,9,18-19H2,1-2H3,(H,27,30)(H,28,31). The Morgan fingerprint density at radius 2 is 1.55 bits per heavy atom. The van der Waals surface area contributed by atoms with Crippen LogP contribution >= 0.6 is 0 Å². The van der Waals surface area contributed by atoms with Crippen molar-refractivity contribution in [2.75, 3.05) is 30.4 Å². The number of ether oxygens (including phenoxy) is 2. The molecule has 33 heavy (non-hydrogen) atoms. The van der Waals surface area contributed by atoms with Crippen molar-refractivity contribution in [1.82, 2.24) is 5.32 Å². The molecular formula is C26H29N3O4. The van der Waals surface area contributed by atoms with Crippen molar-refractivity contribution in [3.8, 4) is 17.2 Å². The summed E-state index contributed by atoms with van der Waals surface area (Å²) in [4.78, 5) is 26.3. The van der Waals surface area contributed by atoms with E-state index in [1.54, 1.807) is 31.1 Å². The third kappa shape index (κ3) is 7.00. The van der Waals surface area contributed by atoms with Crippen LogP contribution in [0.2, 0.25) is 0 Å². The molecule has 0 radical (unpaired) electrons. The average Bonchev–Trinajstić information content (AvgIpc) is 2.85. The van der Waals surface area contributed by atoms with Crippen molar-refractivity contribution in [1.29, 1.82) is 0 Å². The van der Waals surface area contributed by atoms with Gasteiger partial charge in [0, 0.05) is 25.2 Å². The number of anilines is 2. The van der Waals surface area contributed by atoms with Gasteiger partial charge in [0.05, 0.1) is 12.8 Å². The zero-order chi connectivity index (χ0) is 23.5. The maximum atomic E-state index is 13.2. The lowest BCUT2D eigenvalue weighted by atomic mass is 10.2. The molecular weight excluding hydrogens is 418 g/mol. The highest BCUT2D eigenvalue weighted by Gasteiger charge is 2.17. The minimum absolute atomic E-state index is 0.0116. The van der Waals surface area contributed by atoms with Gasteiger partial charge < -0.3 is 20.1 Å². The van der Waals surface area contributed by atoms with Crippen LogP contribution < -0.4 is 25.0 Å². The predicted octanol–water partition coefficient (Wildman–Crippen LogP) is 5.44. The highest BCUT2D eigenvalue weighted by atomic mass is 16.5. The molecule has 0 atom stereocenters. The van der Waals surface area contributed by atoms with Gasteiger partial charge in [-0.1, -0.05) is 37.3 Å². The fraction of sp³-hybridized carbons (Fsp3) is 0.231. The molecule has 0 fully saturated rings. The Bertz CT molecular complexity index is 1040. The van der Waals surface area contributed by atoms with Gasteiger partial charge in [0.15, 0.2) is 0 Å². The Kier molecular flexibility index (Phi) is 8.71. The highest BCUT2D eigenvalue weighted by Crippen LogP contribution is 2.27. The summed E-state index contributed by atoms with van der Waals surface area (Å²) in [7, 11) is 1.56. The smallest absolute Gasteiger partial charge is 0.326 e. The van der Waals surface area contributed by atoms with Crippen LogP contribution in [0.1, 0.15) is 19.8 Å². The van der Waals surface area contributed by atoms with E-state index in [1.165, 1.54) is 0 Å². The summed E-state index contributed by atoms with van der Waals surface area (Å²) in [6.07, 6.45) is 1.04. The van der Waals surface area contributed by atoms with Crippen LogP contribution in [-0.4, -0.2) is 32.1 Å². The summed E-state index contributed by atoms with van der Waals surface area (Å²) in [6.45, 7) is 2.71. The average molecular weight is 448 g/mol. The van der Waals surface area contributed by atoms with Gasteiger partial charge in [0.2, 0.25) is 5.91 Å². The summed E-state index contributed by atoms with van der Waals surface area (Å²) in [5, 5.41) is 5.76. The molecule has 3 aromatic carbocycles. The van der Waals surface area contributed by atoms with Gasteiger partial charge in [-0.2, -0.15) is 0 Å². The van der Waals surface area contributed by atoms with Gasteiger partial charge in [-0.3, -0.25) is 9.69 Å². The Labute approximate surface area is 194 Å².